The first-order valence-electron chi connectivity index (χ1n) is 7.92. The van der Waals surface area contributed by atoms with Gasteiger partial charge in [-0.15, -0.1) is 0 Å². The molecule has 1 aromatic heterocycles. The van der Waals surface area contributed by atoms with E-state index in [2.05, 4.69) is 4.98 Å². The molecular formula is C20H17NO3. The highest BCUT2D eigenvalue weighted by Gasteiger charge is 2.36. The molecule has 0 fully saturated rings. The maximum atomic E-state index is 12.9. The summed E-state index contributed by atoms with van der Waals surface area (Å²) < 4.78 is 11.8. The number of nitrogens with zero attached hydrogens (tertiary/aromatic N) is 1. The van der Waals surface area contributed by atoms with Crippen molar-refractivity contribution in [2.45, 2.75) is 18.9 Å². The van der Waals surface area contributed by atoms with Crippen LogP contribution in [0, 0.1) is 0 Å². The number of carbonyl (C=O) groups is 1. The van der Waals surface area contributed by atoms with Crippen molar-refractivity contribution in [1.29, 1.82) is 0 Å². The van der Waals surface area contributed by atoms with E-state index < -0.39 is 5.60 Å². The molecule has 4 heteroatoms. The first-order chi connectivity index (χ1) is 11.6. The zero-order valence-corrected chi connectivity index (χ0v) is 13.4. The smallest absolute Gasteiger partial charge is 0.169 e. The molecule has 120 valence electrons. The van der Waals surface area contributed by atoms with Gasteiger partial charge in [0.05, 0.1) is 11.9 Å². The van der Waals surface area contributed by atoms with Crippen molar-refractivity contribution in [1.82, 2.24) is 4.98 Å². The number of benzene rings is 2. The minimum atomic E-state index is -0.692. The van der Waals surface area contributed by atoms with Crippen LogP contribution >= 0.6 is 0 Å². The molecule has 1 unspecified atom stereocenters. The highest BCUT2D eigenvalue weighted by atomic mass is 16.6. The van der Waals surface area contributed by atoms with Gasteiger partial charge < -0.3 is 9.47 Å². The lowest BCUT2D eigenvalue weighted by molar-refractivity contribution is 0.00280. The number of ether oxygens (including phenoxy) is 2. The minimum Gasteiger partial charge on any atom is -0.486 e. The van der Waals surface area contributed by atoms with E-state index in [-0.39, 0.29) is 12.2 Å². The third kappa shape index (κ3) is 2.60. The number of fused-ring (bicyclic) bond motifs is 2. The number of carbonyl (C=O) groups excluding carboxylic acids is 1. The third-order valence-electron chi connectivity index (χ3n) is 4.21. The van der Waals surface area contributed by atoms with E-state index in [1.54, 1.807) is 6.20 Å². The average Bonchev–Trinajstić information content (AvgIpc) is 2.60. The summed E-state index contributed by atoms with van der Waals surface area (Å²) in [6.07, 6.45) is 1.94. The molecule has 4 rings (SSSR count). The van der Waals surface area contributed by atoms with E-state index in [1.165, 1.54) is 0 Å². The van der Waals surface area contributed by atoms with E-state index in [0.717, 1.165) is 10.9 Å². The summed E-state index contributed by atoms with van der Waals surface area (Å²) in [4.78, 5) is 17.2. The number of ketones is 1. The molecule has 24 heavy (non-hydrogen) atoms. The number of Topliss-reactive ketones (excluding diaryl/α,β-unsaturated/α-hetero) is 1. The largest absolute Gasteiger partial charge is 0.486 e. The summed E-state index contributed by atoms with van der Waals surface area (Å²) in [7, 11) is 0. The van der Waals surface area contributed by atoms with Crippen LogP contribution < -0.4 is 9.47 Å². The summed E-state index contributed by atoms with van der Waals surface area (Å²) in [5.41, 5.74) is 0.657. The molecular weight excluding hydrogens is 302 g/mol. The van der Waals surface area contributed by atoms with Gasteiger partial charge in [-0.05, 0) is 31.2 Å². The van der Waals surface area contributed by atoms with Gasteiger partial charge in [-0.25, -0.2) is 0 Å². The van der Waals surface area contributed by atoms with Gasteiger partial charge in [0.25, 0.3) is 0 Å². The van der Waals surface area contributed by atoms with Gasteiger partial charge in [-0.1, -0.05) is 30.3 Å². The van der Waals surface area contributed by atoms with Crippen molar-refractivity contribution in [2.75, 3.05) is 6.61 Å². The van der Waals surface area contributed by atoms with Crippen LogP contribution in [-0.2, 0) is 0 Å². The maximum absolute atomic E-state index is 12.9. The minimum absolute atomic E-state index is 0.00443. The first-order valence-corrected chi connectivity index (χ1v) is 7.92. The van der Waals surface area contributed by atoms with Crippen LogP contribution in [0.3, 0.4) is 0 Å². The molecule has 0 saturated heterocycles. The van der Waals surface area contributed by atoms with Crippen LogP contribution in [-0.4, -0.2) is 23.0 Å². The Balaban J connectivity index is 1.62. The van der Waals surface area contributed by atoms with Crippen molar-refractivity contribution in [3.8, 4) is 11.5 Å². The summed E-state index contributed by atoms with van der Waals surface area (Å²) in [6, 6.07) is 17.0. The molecule has 0 bridgehead atoms. The third-order valence-corrected chi connectivity index (χ3v) is 4.21. The lowest BCUT2D eigenvalue weighted by Gasteiger charge is -2.35. The van der Waals surface area contributed by atoms with Gasteiger partial charge >= 0.3 is 0 Å². The summed E-state index contributed by atoms with van der Waals surface area (Å²) in [5.74, 6) is 1.40. The molecule has 0 saturated carbocycles. The Kier molecular flexibility index (Phi) is 3.45. The summed E-state index contributed by atoms with van der Waals surface area (Å²) in [5, 5.41) is 0.958. The standard InChI is InChI=1S/C20H17NO3/c1-20(13-23-17-9-2-3-10-18(17)24-20)12-16(22)15-8-4-6-14-7-5-11-21-19(14)15/h2-11H,12-13H2,1H3. The Labute approximate surface area is 140 Å². The lowest BCUT2D eigenvalue weighted by Crippen LogP contribution is -2.43. The maximum Gasteiger partial charge on any atom is 0.169 e. The molecule has 0 spiro atoms. The Hall–Kier alpha value is -2.88. The van der Waals surface area contributed by atoms with Gasteiger partial charge in [0.2, 0.25) is 0 Å². The predicted octanol–water partition coefficient (Wildman–Crippen LogP) is 4.04. The predicted molar refractivity (Wildman–Crippen MR) is 91.7 cm³/mol. The zero-order valence-electron chi connectivity index (χ0n) is 13.4. The number of hydrogen-bond acceptors (Lipinski definition) is 4. The van der Waals surface area contributed by atoms with Gasteiger partial charge in [0, 0.05) is 17.1 Å². The van der Waals surface area contributed by atoms with Crippen LogP contribution in [0.25, 0.3) is 10.9 Å². The van der Waals surface area contributed by atoms with E-state index in [9.17, 15) is 4.79 Å². The highest BCUT2D eigenvalue weighted by molar-refractivity contribution is 6.07. The summed E-state index contributed by atoms with van der Waals surface area (Å²) >= 11 is 0. The average molecular weight is 319 g/mol. The Morgan fingerprint density at radius 2 is 1.88 bits per heavy atom. The Morgan fingerprint density at radius 3 is 2.75 bits per heavy atom. The number of para-hydroxylation sites is 3. The quantitative estimate of drug-likeness (QED) is 0.684. The number of rotatable bonds is 3. The lowest BCUT2D eigenvalue weighted by atomic mass is 9.94. The topological polar surface area (TPSA) is 48.4 Å². The second-order valence-corrected chi connectivity index (χ2v) is 6.27. The van der Waals surface area contributed by atoms with Crippen molar-refractivity contribution < 1.29 is 14.3 Å². The molecule has 0 aliphatic carbocycles. The van der Waals surface area contributed by atoms with Gasteiger partial charge in [0.1, 0.15) is 12.2 Å². The normalized spacial score (nSPS) is 19.2. The first kappa shape index (κ1) is 14.7. The monoisotopic (exact) mass is 319 g/mol. The Bertz CT molecular complexity index is 916. The second-order valence-electron chi connectivity index (χ2n) is 6.27. The van der Waals surface area contributed by atoms with Crippen LogP contribution in [0.2, 0.25) is 0 Å². The Morgan fingerprint density at radius 1 is 1.08 bits per heavy atom. The van der Waals surface area contributed by atoms with E-state index in [0.29, 0.717) is 23.7 Å². The SMILES string of the molecule is CC1(CC(=O)c2cccc3cccnc23)COc2ccccc2O1. The van der Waals surface area contributed by atoms with Crippen LogP contribution in [0.4, 0.5) is 0 Å². The van der Waals surface area contributed by atoms with Crippen molar-refractivity contribution >= 4 is 16.7 Å². The molecule has 2 heterocycles. The fourth-order valence-corrected chi connectivity index (χ4v) is 3.03. The van der Waals surface area contributed by atoms with E-state index in [1.807, 2.05) is 61.5 Å². The fourth-order valence-electron chi connectivity index (χ4n) is 3.03. The van der Waals surface area contributed by atoms with E-state index >= 15 is 0 Å². The zero-order chi connectivity index (χ0) is 16.6. The second kappa shape index (κ2) is 5.64. The van der Waals surface area contributed by atoms with Crippen molar-refractivity contribution in [2.24, 2.45) is 0 Å². The van der Waals surface area contributed by atoms with Crippen LogP contribution in [0.1, 0.15) is 23.7 Å². The molecule has 0 amide bonds. The highest BCUT2D eigenvalue weighted by Crippen LogP contribution is 2.36. The van der Waals surface area contributed by atoms with Crippen LogP contribution in [0.15, 0.2) is 60.8 Å². The molecule has 0 N–H and O–H groups in total. The molecule has 1 aliphatic heterocycles. The number of pyridine rings is 1. The molecule has 1 aliphatic rings. The van der Waals surface area contributed by atoms with Gasteiger partial charge in [-0.2, -0.15) is 0 Å². The molecule has 3 aromatic rings. The number of aromatic nitrogens is 1. The molecule has 2 aromatic carbocycles. The van der Waals surface area contributed by atoms with Crippen molar-refractivity contribution in [3.05, 3.63) is 66.4 Å². The van der Waals surface area contributed by atoms with E-state index in [4.69, 9.17) is 9.47 Å². The van der Waals surface area contributed by atoms with Crippen LogP contribution in [0.5, 0.6) is 11.5 Å². The van der Waals surface area contributed by atoms with Crippen molar-refractivity contribution in [3.63, 3.8) is 0 Å². The van der Waals surface area contributed by atoms with Gasteiger partial charge in [-0.3, -0.25) is 9.78 Å². The van der Waals surface area contributed by atoms with Gasteiger partial charge in [0.15, 0.2) is 17.3 Å². The molecule has 1 atom stereocenters. The number of hydrogen-bond donors (Lipinski definition) is 0. The fraction of sp³-hybridized carbons (Fsp3) is 0.200. The molecule has 0 radical (unpaired) electrons. The molecule has 4 nitrogen and oxygen atoms in total. The summed E-state index contributed by atoms with van der Waals surface area (Å²) in [6.45, 7) is 2.24.